The molecule has 5 nitrogen and oxygen atoms in total. The molecule has 0 saturated heterocycles. The standard InChI is InChI=1S/C13H13NO4S/c1-3-18-12(15)7-5-4-6-8-9(7)10(11(14)19-8)13(16)17-2/h4-6H,3,14H2,1-2H3. The Balaban J connectivity index is 2.71. The molecule has 0 bridgehead atoms. The number of ether oxygens (including phenoxy) is 2. The molecule has 100 valence electrons. The molecule has 2 rings (SSSR count). The van der Waals surface area contributed by atoms with Gasteiger partial charge in [-0.2, -0.15) is 0 Å². The predicted octanol–water partition coefficient (Wildman–Crippen LogP) is 2.45. The second-order valence-corrected chi connectivity index (χ2v) is 4.82. The summed E-state index contributed by atoms with van der Waals surface area (Å²) in [6.45, 7) is 1.99. The van der Waals surface area contributed by atoms with E-state index in [0.29, 0.717) is 16.0 Å². The maximum Gasteiger partial charge on any atom is 0.341 e. The molecule has 2 aromatic rings. The predicted molar refractivity (Wildman–Crippen MR) is 73.5 cm³/mol. The minimum absolute atomic E-state index is 0.228. The molecule has 0 aliphatic heterocycles. The second-order valence-electron chi connectivity index (χ2n) is 3.73. The average molecular weight is 279 g/mol. The number of esters is 2. The second kappa shape index (κ2) is 5.27. The highest BCUT2D eigenvalue weighted by Crippen LogP contribution is 2.36. The number of hydrogen-bond acceptors (Lipinski definition) is 6. The first-order valence-electron chi connectivity index (χ1n) is 5.66. The SMILES string of the molecule is CCOC(=O)c1cccc2sc(N)c(C(=O)OC)c12. The summed E-state index contributed by atoms with van der Waals surface area (Å²) in [5.41, 5.74) is 6.39. The van der Waals surface area contributed by atoms with Crippen molar-refractivity contribution in [2.24, 2.45) is 0 Å². The van der Waals surface area contributed by atoms with Crippen molar-refractivity contribution in [2.45, 2.75) is 6.92 Å². The van der Waals surface area contributed by atoms with E-state index in [4.69, 9.17) is 15.2 Å². The normalized spacial score (nSPS) is 10.4. The third-order valence-electron chi connectivity index (χ3n) is 2.63. The van der Waals surface area contributed by atoms with Crippen molar-refractivity contribution >= 4 is 38.4 Å². The Kier molecular flexibility index (Phi) is 3.71. The van der Waals surface area contributed by atoms with Crippen LogP contribution >= 0.6 is 11.3 Å². The Morgan fingerprint density at radius 1 is 1.32 bits per heavy atom. The average Bonchev–Trinajstić information content (AvgIpc) is 2.73. The Labute approximate surface area is 113 Å². The van der Waals surface area contributed by atoms with Crippen molar-refractivity contribution in [1.29, 1.82) is 0 Å². The molecule has 0 atom stereocenters. The molecule has 0 fully saturated rings. The fourth-order valence-electron chi connectivity index (χ4n) is 1.85. The topological polar surface area (TPSA) is 78.6 Å². The van der Waals surface area contributed by atoms with Gasteiger partial charge in [-0.1, -0.05) is 6.07 Å². The molecule has 1 aromatic heterocycles. The van der Waals surface area contributed by atoms with E-state index in [-0.39, 0.29) is 12.2 Å². The van der Waals surface area contributed by atoms with Crippen LogP contribution in [0.4, 0.5) is 5.00 Å². The van der Waals surface area contributed by atoms with Crippen molar-refractivity contribution in [1.82, 2.24) is 0 Å². The number of rotatable bonds is 3. The smallest absolute Gasteiger partial charge is 0.341 e. The number of benzene rings is 1. The molecule has 19 heavy (non-hydrogen) atoms. The monoisotopic (exact) mass is 279 g/mol. The molecule has 0 unspecified atom stereocenters. The van der Waals surface area contributed by atoms with E-state index in [1.54, 1.807) is 25.1 Å². The maximum absolute atomic E-state index is 11.9. The lowest BCUT2D eigenvalue weighted by Gasteiger charge is -2.05. The molecule has 0 aliphatic rings. The van der Waals surface area contributed by atoms with Crippen molar-refractivity contribution in [2.75, 3.05) is 19.5 Å². The summed E-state index contributed by atoms with van der Waals surface area (Å²) in [7, 11) is 1.28. The zero-order chi connectivity index (χ0) is 14.0. The van der Waals surface area contributed by atoms with Gasteiger partial charge in [-0.3, -0.25) is 0 Å². The Bertz CT molecular complexity index is 647. The summed E-state index contributed by atoms with van der Waals surface area (Å²) in [5.74, 6) is -1.03. The number of nitrogen functional groups attached to an aromatic ring is 1. The van der Waals surface area contributed by atoms with Gasteiger partial charge >= 0.3 is 11.9 Å². The van der Waals surface area contributed by atoms with Gasteiger partial charge < -0.3 is 15.2 Å². The van der Waals surface area contributed by atoms with Gasteiger partial charge in [-0.15, -0.1) is 11.3 Å². The molecule has 1 aromatic carbocycles. The molecule has 0 radical (unpaired) electrons. The fourth-order valence-corrected chi connectivity index (χ4v) is 2.84. The Morgan fingerprint density at radius 3 is 2.68 bits per heavy atom. The van der Waals surface area contributed by atoms with Crippen LogP contribution in [0.2, 0.25) is 0 Å². The summed E-state index contributed by atoms with van der Waals surface area (Å²) in [5, 5.41) is 0.828. The molecular weight excluding hydrogens is 266 g/mol. The number of thiophene rings is 1. The van der Waals surface area contributed by atoms with Gasteiger partial charge in [-0.05, 0) is 19.1 Å². The fraction of sp³-hybridized carbons (Fsp3) is 0.231. The van der Waals surface area contributed by atoms with E-state index in [1.807, 2.05) is 0 Å². The lowest BCUT2D eigenvalue weighted by atomic mass is 10.1. The van der Waals surface area contributed by atoms with Crippen molar-refractivity contribution in [3.8, 4) is 0 Å². The molecule has 1 heterocycles. The number of fused-ring (bicyclic) bond motifs is 1. The molecular formula is C13H13NO4S. The quantitative estimate of drug-likeness (QED) is 0.873. The minimum atomic E-state index is -0.555. The van der Waals surface area contributed by atoms with Crippen molar-refractivity contribution < 1.29 is 19.1 Å². The third-order valence-corrected chi connectivity index (χ3v) is 3.61. The number of nitrogens with two attached hydrogens (primary N) is 1. The first-order chi connectivity index (χ1) is 9.10. The van der Waals surface area contributed by atoms with Crippen LogP contribution in [0.3, 0.4) is 0 Å². The van der Waals surface area contributed by atoms with E-state index in [0.717, 1.165) is 4.70 Å². The van der Waals surface area contributed by atoms with Gasteiger partial charge in [-0.25, -0.2) is 9.59 Å². The van der Waals surface area contributed by atoms with E-state index in [9.17, 15) is 9.59 Å². The lowest BCUT2D eigenvalue weighted by molar-refractivity contribution is 0.0528. The number of methoxy groups -OCH3 is 1. The minimum Gasteiger partial charge on any atom is -0.465 e. The summed E-state index contributed by atoms with van der Waals surface area (Å²) >= 11 is 1.24. The van der Waals surface area contributed by atoms with Crippen molar-refractivity contribution in [3.05, 3.63) is 29.3 Å². The summed E-state index contributed by atoms with van der Waals surface area (Å²) in [6, 6.07) is 5.13. The number of hydrogen-bond donors (Lipinski definition) is 1. The van der Waals surface area contributed by atoms with Gasteiger partial charge in [0.25, 0.3) is 0 Å². The van der Waals surface area contributed by atoms with Crippen LogP contribution in [0.1, 0.15) is 27.6 Å². The number of carbonyl (C=O) groups excluding carboxylic acids is 2. The van der Waals surface area contributed by atoms with Crippen LogP contribution in [0.25, 0.3) is 10.1 Å². The molecule has 0 spiro atoms. The van der Waals surface area contributed by atoms with Gasteiger partial charge in [0.2, 0.25) is 0 Å². The zero-order valence-electron chi connectivity index (χ0n) is 10.6. The molecule has 0 amide bonds. The number of carbonyl (C=O) groups is 2. The first kappa shape index (κ1) is 13.4. The van der Waals surface area contributed by atoms with Crippen LogP contribution in [-0.2, 0) is 9.47 Å². The van der Waals surface area contributed by atoms with E-state index in [2.05, 4.69) is 0 Å². The molecule has 0 saturated carbocycles. The summed E-state index contributed by atoms with van der Waals surface area (Å²) in [6.07, 6.45) is 0. The third kappa shape index (κ3) is 2.26. The molecule has 0 aliphatic carbocycles. The van der Waals surface area contributed by atoms with Crippen LogP contribution in [0.15, 0.2) is 18.2 Å². The van der Waals surface area contributed by atoms with Crippen LogP contribution in [0.5, 0.6) is 0 Å². The Hall–Kier alpha value is -2.08. The van der Waals surface area contributed by atoms with Crippen molar-refractivity contribution in [3.63, 3.8) is 0 Å². The largest absolute Gasteiger partial charge is 0.465 e. The zero-order valence-corrected chi connectivity index (χ0v) is 11.4. The molecule has 2 N–H and O–H groups in total. The van der Waals surface area contributed by atoms with E-state index in [1.165, 1.54) is 18.4 Å². The highest BCUT2D eigenvalue weighted by Gasteiger charge is 2.23. The Morgan fingerprint density at radius 2 is 2.05 bits per heavy atom. The van der Waals surface area contributed by atoms with E-state index < -0.39 is 11.9 Å². The van der Waals surface area contributed by atoms with Gasteiger partial charge in [0.15, 0.2) is 0 Å². The highest BCUT2D eigenvalue weighted by atomic mass is 32.1. The summed E-state index contributed by atoms with van der Waals surface area (Å²) in [4.78, 5) is 23.7. The van der Waals surface area contributed by atoms with Crippen LogP contribution < -0.4 is 5.73 Å². The van der Waals surface area contributed by atoms with Crippen LogP contribution in [0, 0.1) is 0 Å². The summed E-state index contributed by atoms with van der Waals surface area (Å²) < 4.78 is 10.5. The van der Waals surface area contributed by atoms with Gasteiger partial charge in [0.1, 0.15) is 10.6 Å². The highest BCUT2D eigenvalue weighted by molar-refractivity contribution is 7.23. The first-order valence-corrected chi connectivity index (χ1v) is 6.48. The van der Waals surface area contributed by atoms with Gasteiger partial charge in [0.05, 0.1) is 19.3 Å². The maximum atomic E-state index is 11.9. The number of anilines is 1. The van der Waals surface area contributed by atoms with Crippen LogP contribution in [-0.4, -0.2) is 25.7 Å². The van der Waals surface area contributed by atoms with E-state index >= 15 is 0 Å². The lowest BCUT2D eigenvalue weighted by Crippen LogP contribution is -2.08. The van der Waals surface area contributed by atoms with Gasteiger partial charge in [0, 0.05) is 10.1 Å². The molecule has 6 heteroatoms.